The van der Waals surface area contributed by atoms with Gasteiger partial charge in [-0.1, -0.05) is 30.2 Å². The highest BCUT2D eigenvalue weighted by Gasteiger charge is 2.51. The molecule has 2 aliphatic heterocycles. The van der Waals surface area contributed by atoms with E-state index in [4.69, 9.17) is 10.6 Å². The van der Waals surface area contributed by atoms with Gasteiger partial charge in [0.1, 0.15) is 5.69 Å². The van der Waals surface area contributed by atoms with E-state index < -0.39 is 54.2 Å². The van der Waals surface area contributed by atoms with Crippen molar-refractivity contribution in [2.75, 3.05) is 29.6 Å². The monoisotopic (exact) mass is 621 g/mol. The van der Waals surface area contributed by atoms with Crippen LogP contribution in [0.5, 0.6) is 0 Å². The van der Waals surface area contributed by atoms with E-state index in [9.17, 15) is 36.3 Å². The van der Waals surface area contributed by atoms with E-state index in [1.54, 1.807) is 29.2 Å². The highest BCUT2D eigenvalue weighted by molar-refractivity contribution is 5.85. The van der Waals surface area contributed by atoms with Crippen molar-refractivity contribution < 1.29 is 31.6 Å². The van der Waals surface area contributed by atoms with E-state index in [-0.39, 0.29) is 30.5 Å². The number of fused-ring (bicyclic) bond motifs is 2. The quantitative estimate of drug-likeness (QED) is 0.327. The maximum Gasteiger partial charge on any atom is 0.493 e. The largest absolute Gasteiger partial charge is 0.493 e. The summed E-state index contributed by atoms with van der Waals surface area (Å²) in [6.45, 7) is 1.29. The summed E-state index contributed by atoms with van der Waals surface area (Å²) < 4.78 is 69.3. The Balaban J connectivity index is 1.72. The predicted octanol–water partition coefficient (Wildman–Crippen LogP) is 2.46. The molecule has 0 spiro atoms. The summed E-state index contributed by atoms with van der Waals surface area (Å²) >= 11 is 0. The van der Waals surface area contributed by atoms with Gasteiger partial charge in [0.05, 0.1) is 18.8 Å². The molecule has 1 aromatic carbocycles. The zero-order valence-corrected chi connectivity index (χ0v) is 23.6. The topological polar surface area (TPSA) is 119 Å². The third-order valence-electron chi connectivity index (χ3n) is 7.50. The summed E-state index contributed by atoms with van der Waals surface area (Å²) in [4.78, 5) is 51.8. The fourth-order valence-corrected chi connectivity index (χ4v) is 5.56. The summed E-state index contributed by atoms with van der Waals surface area (Å²) in [7, 11) is 1.20. The van der Waals surface area contributed by atoms with Crippen LogP contribution in [-0.2, 0) is 23.2 Å². The van der Waals surface area contributed by atoms with Crippen LogP contribution in [0.3, 0.4) is 0 Å². The SMILES string of the molecule is CC#CCN1c2c(n(C)c(=O)n(Cc3nc(C(F)F)cc4ccccc34)c2=O)N(OC(=O)C(F)(F)F)C1N1CCCC(N)C1. The Morgan fingerprint density at radius 1 is 1.23 bits per heavy atom. The van der Waals surface area contributed by atoms with E-state index in [2.05, 4.69) is 16.8 Å². The molecule has 0 radical (unpaired) electrons. The summed E-state index contributed by atoms with van der Waals surface area (Å²) in [6.07, 6.45) is -8.44. The van der Waals surface area contributed by atoms with Gasteiger partial charge >= 0.3 is 17.8 Å². The maximum atomic E-state index is 14.1. The third-order valence-corrected chi connectivity index (χ3v) is 7.50. The third kappa shape index (κ3) is 5.60. The smallest absolute Gasteiger partial charge is 0.327 e. The molecule has 16 heteroatoms. The number of carbonyl (C=O) groups excluding carboxylic acids is 1. The van der Waals surface area contributed by atoms with Crippen molar-refractivity contribution in [3.8, 4) is 11.8 Å². The Kier molecular flexibility index (Phi) is 8.36. The molecular weight excluding hydrogens is 593 g/mol. The molecular formula is C28H28F5N7O4. The maximum absolute atomic E-state index is 14.1. The first kappa shape index (κ1) is 31.0. The number of hydrogen-bond donors (Lipinski definition) is 1. The molecule has 0 bridgehead atoms. The zero-order valence-electron chi connectivity index (χ0n) is 23.6. The van der Waals surface area contributed by atoms with E-state index in [0.29, 0.717) is 35.2 Å². The number of nitrogens with two attached hydrogens (primary N) is 1. The number of alkyl halides is 5. The summed E-state index contributed by atoms with van der Waals surface area (Å²) in [5.74, 6) is 2.49. The second kappa shape index (κ2) is 11.9. The summed E-state index contributed by atoms with van der Waals surface area (Å²) in [5, 5.41) is 1.42. The molecule has 2 unspecified atom stereocenters. The first-order valence-electron chi connectivity index (χ1n) is 13.6. The first-order chi connectivity index (χ1) is 20.8. The fourth-order valence-electron chi connectivity index (χ4n) is 5.56. The van der Waals surface area contributed by atoms with Crippen molar-refractivity contribution >= 4 is 28.2 Å². The minimum atomic E-state index is -5.39. The predicted molar refractivity (Wildman–Crippen MR) is 150 cm³/mol. The molecule has 2 aliphatic rings. The van der Waals surface area contributed by atoms with Gasteiger partial charge in [-0.3, -0.25) is 18.8 Å². The van der Waals surface area contributed by atoms with Gasteiger partial charge in [-0.05, 0) is 31.2 Å². The lowest BCUT2D eigenvalue weighted by Gasteiger charge is -2.41. The molecule has 5 rings (SSSR count). The van der Waals surface area contributed by atoms with Gasteiger partial charge in [0.2, 0.25) is 0 Å². The zero-order chi connectivity index (χ0) is 31.9. The van der Waals surface area contributed by atoms with Gasteiger partial charge < -0.3 is 15.5 Å². The second-order valence-electron chi connectivity index (χ2n) is 10.4. The number of halogens is 5. The molecule has 2 atom stereocenters. The number of carbonyl (C=O) groups is 1. The number of benzene rings is 1. The normalized spacial score (nSPS) is 18.8. The minimum absolute atomic E-state index is 0.00866. The van der Waals surface area contributed by atoms with Crippen LogP contribution in [0.1, 0.15) is 37.6 Å². The molecule has 2 N–H and O–H groups in total. The molecule has 11 nitrogen and oxygen atoms in total. The van der Waals surface area contributed by atoms with Crippen molar-refractivity contribution in [2.45, 2.75) is 51.2 Å². The summed E-state index contributed by atoms with van der Waals surface area (Å²) in [6, 6.07) is 7.31. The van der Waals surface area contributed by atoms with Crippen LogP contribution in [0, 0.1) is 11.8 Å². The van der Waals surface area contributed by atoms with Crippen LogP contribution in [0.2, 0.25) is 0 Å². The molecule has 44 heavy (non-hydrogen) atoms. The average molecular weight is 622 g/mol. The van der Waals surface area contributed by atoms with Crippen LogP contribution >= 0.6 is 0 Å². The van der Waals surface area contributed by atoms with Crippen molar-refractivity contribution in [2.24, 2.45) is 12.8 Å². The van der Waals surface area contributed by atoms with Crippen LogP contribution in [0.25, 0.3) is 10.8 Å². The molecule has 1 saturated heterocycles. The fraction of sp³-hybridized carbons (Fsp3) is 0.429. The van der Waals surface area contributed by atoms with Gasteiger partial charge in [-0.2, -0.15) is 13.2 Å². The summed E-state index contributed by atoms with van der Waals surface area (Å²) in [5.41, 5.74) is 3.36. The van der Waals surface area contributed by atoms with E-state index in [1.165, 1.54) is 24.9 Å². The number of aromatic nitrogens is 3. The second-order valence-corrected chi connectivity index (χ2v) is 10.4. The van der Waals surface area contributed by atoms with Crippen molar-refractivity contribution in [3.63, 3.8) is 0 Å². The highest BCUT2D eigenvalue weighted by Crippen LogP contribution is 2.39. The Bertz CT molecular complexity index is 1780. The standard InChI is InChI=1S/C28H28F5N7O4/c1-3-4-12-38-21-23(40(44-25(42)28(31,32)33)26(38)37-11-7-9-17(34)14-37)36(2)27(43)39(24(21)41)15-20-18-10-6-5-8-16(18)13-19(35-20)22(29)30/h5-6,8,10,13,17,22,26H,7,9,11-12,14-15,34H2,1-2H3. The molecule has 1 fully saturated rings. The Hall–Kier alpha value is -4.49. The molecule has 234 valence electrons. The Morgan fingerprint density at radius 2 is 1.95 bits per heavy atom. The molecule has 2 aromatic heterocycles. The van der Waals surface area contributed by atoms with Gasteiger partial charge in [0.25, 0.3) is 12.0 Å². The lowest BCUT2D eigenvalue weighted by molar-refractivity contribution is -0.203. The van der Waals surface area contributed by atoms with Crippen LogP contribution in [0.4, 0.5) is 33.5 Å². The molecule has 0 aliphatic carbocycles. The Morgan fingerprint density at radius 3 is 2.61 bits per heavy atom. The lowest BCUT2D eigenvalue weighted by atomic mass is 10.1. The van der Waals surface area contributed by atoms with Crippen LogP contribution < -0.4 is 26.9 Å². The van der Waals surface area contributed by atoms with Crippen LogP contribution in [-0.4, -0.2) is 63.1 Å². The molecule has 0 saturated carbocycles. The number of likely N-dealkylation sites (tertiary alicyclic amines) is 1. The Labute approximate surface area is 247 Å². The number of piperidine rings is 1. The number of hydrogen-bond acceptors (Lipinski definition) is 9. The lowest BCUT2D eigenvalue weighted by Crippen LogP contribution is -2.60. The van der Waals surface area contributed by atoms with Crippen LogP contribution in [0.15, 0.2) is 39.9 Å². The van der Waals surface area contributed by atoms with E-state index in [0.717, 1.165) is 9.13 Å². The van der Waals surface area contributed by atoms with Crippen molar-refractivity contribution in [1.29, 1.82) is 0 Å². The van der Waals surface area contributed by atoms with Gasteiger partial charge in [-0.15, -0.1) is 11.0 Å². The molecule has 0 amide bonds. The molecule has 4 heterocycles. The number of nitrogens with zero attached hydrogens (tertiary/aromatic N) is 6. The van der Waals surface area contributed by atoms with Crippen molar-refractivity contribution in [1.82, 2.24) is 19.0 Å². The number of hydroxylamine groups is 1. The van der Waals surface area contributed by atoms with E-state index in [1.807, 2.05) is 0 Å². The minimum Gasteiger partial charge on any atom is -0.327 e. The number of rotatable bonds is 6. The molecule has 3 aromatic rings. The van der Waals surface area contributed by atoms with Crippen molar-refractivity contribution in [3.05, 3.63) is 62.6 Å². The average Bonchev–Trinajstić information content (AvgIpc) is 3.30. The highest BCUT2D eigenvalue weighted by atomic mass is 19.4. The number of anilines is 2. The number of pyridine rings is 1. The van der Waals surface area contributed by atoms with Gasteiger partial charge in [-0.25, -0.2) is 23.4 Å². The first-order valence-corrected chi connectivity index (χ1v) is 13.6. The van der Waals surface area contributed by atoms with E-state index >= 15 is 0 Å². The van der Waals surface area contributed by atoms with Gasteiger partial charge in [0, 0.05) is 31.6 Å². The van der Waals surface area contributed by atoms with Gasteiger partial charge in [0.15, 0.2) is 17.8 Å².